The summed E-state index contributed by atoms with van der Waals surface area (Å²) in [6, 6.07) is 3.74. The molecule has 0 radical (unpaired) electrons. The standard InChI is InChI=1S/C15H23NO4/c1-17-12-5-4-11(14(18-2)15(12)19-3)13(16)10-6-8-20-9-7-10/h4-5,10,13H,6-9,16H2,1-3H3/t13-/m1/s1. The Morgan fingerprint density at radius 1 is 1.05 bits per heavy atom. The van der Waals surface area contributed by atoms with E-state index in [1.54, 1.807) is 21.3 Å². The summed E-state index contributed by atoms with van der Waals surface area (Å²) in [5.41, 5.74) is 7.38. The molecule has 1 aromatic carbocycles. The SMILES string of the molecule is COc1ccc([C@H](N)C2CCOCC2)c(OC)c1OC. The molecule has 0 saturated carbocycles. The average Bonchev–Trinajstić information content (AvgIpc) is 2.53. The Bertz CT molecular complexity index is 444. The molecule has 1 saturated heterocycles. The van der Waals surface area contributed by atoms with Crippen LogP contribution < -0.4 is 19.9 Å². The molecule has 0 unspecified atom stereocenters. The van der Waals surface area contributed by atoms with Gasteiger partial charge in [0.15, 0.2) is 11.5 Å². The van der Waals surface area contributed by atoms with E-state index in [9.17, 15) is 0 Å². The summed E-state index contributed by atoms with van der Waals surface area (Å²) in [7, 11) is 4.83. The van der Waals surface area contributed by atoms with Crippen molar-refractivity contribution in [3.8, 4) is 17.2 Å². The van der Waals surface area contributed by atoms with E-state index >= 15 is 0 Å². The van der Waals surface area contributed by atoms with Crippen molar-refractivity contribution >= 4 is 0 Å². The highest BCUT2D eigenvalue weighted by atomic mass is 16.5. The van der Waals surface area contributed by atoms with Crippen LogP contribution in [0.5, 0.6) is 17.2 Å². The van der Waals surface area contributed by atoms with Gasteiger partial charge in [-0.2, -0.15) is 0 Å². The molecule has 1 atom stereocenters. The third kappa shape index (κ3) is 2.83. The zero-order chi connectivity index (χ0) is 14.5. The molecule has 0 aliphatic carbocycles. The molecule has 5 heteroatoms. The van der Waals surface area contributed by atoms with Crippen LogP contribution in [0.2, 0.25) is 0 Å². The van der Waals surface area contributed by atoms with Crippen molar-refractivity contribution in [3.63, 3.8) is 0 Å². The smallest absolute Gasteiger partial charge is 0.203 e. The van der Waals surface area contributed by atoms with Gasteiger partial charge in [-0.05, 0) is 30.9 Å². The van der Waals surface area contributed by atoms with Gasteiger partial charge in [0.1, 0.15) is 0 Å². The lowest BCUT2D eigenvalue weighted by atomic mass is 9.87. The van der Waals surface area contributed by atoms with E-state index in [-0.39, 0.29) is 6.04 Å². The van der Waals surface area contributed by atoms with Crippen LogP contribution in [-0.2, 0) is 4.74 Å². The largest absolute Gasteiger partial charge is 0.493 e. The molecular formula is C15H23NO4. The predicted molar refractivity (Wildman–Crippen MR) is 76.6 cm³/mol. The van der Waals surface area contributed by atoms with Crippen molar-refractivity contribution in [1.29, 1.82) is 0 Å². The minimum Gasteiger partial charge on any atom is -0.493 e. The van der Waals surface area contributed by atoms with E-state index in [0.717, 1.165) is 31.6 Å². The number of rotatable bonds is 5. The van der Waals surface area contributed by atoms with Crippen molar-refractivity contribution in [3.05, 3.63) is 17.7 Å². The van der Waals surface area contributed by atoms with Crippen molar-refractivity contribution in [2.45, 2.75) is 18.9 Å². The molecule has 0 aromatic heterocycles. The second kappa shape index (κ2) is 6.81. The third-order valence-corrected chi connectivity index (χ3v) is 3.87. The fraction of sp³-hybridized carbons (Fsp3) is 0.600. The summed E-state index contributed by atoms with van der Waals surface area (Å²) < 4.78 is 21.6. The number of ether oxygens (including phenoxy) is 4. The van der Waals surface area contributed by atoms with Crippen LogP contribution in [0.15, 0.2) is 12.1 Å². The predicted octanol–water partition coefficient (Wildman–Crippen LogP) is 2.14. The summed E-state index contributed by atoms with van der Waals surface area (Å²) in [5.74, 6) is 2.30. The molecule has 0 amide bonds. The fourth-order valence-corrected chi connectivity index (χ4v) is 2.72. The molecule has 5 nitrogen and oxygen atoms in total. The first-order chi connectivity index (χ1) is 9.72. The van der Waals surface area contributed by atoms with Gasteiger partial charge in [-0.25, -0.2) is 0 Å². The number of nitrogens with two attached hydrogens (primary N) is 1. The van der Waals surface area contributed by atoms with Gasteiger partial charge in [-0.1, -0.05) is 0 Å². The molecular weight excluding hydrogens is 258 g/mol. The van der Waals surface area contributed by atoms with Crippen LogP contribution in [0, 0.1) is 5.92 Å². The van der Waals surface area contributed by atoms with Crippen LogP contribution in [0.3, 0.4) is 0 Å². The van der Waals surface area contributed by atoms with Gasteiger partial charge >= 0.3 is 0 Å². The minimum atomic E-state index is -0.0892. The second-order valence-electron chi connectivity index (χ2n) is 4.90. The van der Waals surface area contributed by atoms with Gasteiger partial charge in [0, 0.05) is 24.8 Å². The number of methoxy groups -OCH3 is 3. The highest BCUT2D eigenvalue weighted by Gasteiger charge is 2.27. The molecule has 0 spiro atoms. The first-order valence-corrected chi connectivity index (χ1v) is 6.85. The normalized spacial score (nSPS) is 17.6. The molecule has 1 heterocycles. The van der Waals surface area contributed by atoms with Crippen LogP contribution >= 0.6 is 0 Å². The summed E-state index contributed by atoms with van der Waals surface area (Å²) in [6.45, 7) is 1.54. The van der Waals surface area contributed by atoms with Gasteiger partial charge in [0.05, 0.1) is 21.3 Å². The van der Waals surface area contributed by atoms with Crippen molar-refractivity contribution in [1.82, 2.24) is 0 Å². The molecule has 112 valence electrons. The Hall–Kier alpha value is -1.46. The molecule has 2 N–H and O–H groups in total. The highest BCUT2D eigenvalue weighted by molar-refractivity contribution is 5.56. The van der Waals surface area contributed by atoms with Gasteiger partial charge < -0.3 is 24.7 Å². The molecule has 2 rings (SSSR count). The topological polar surface area (TPSA) is 62.9 Å². The van der Waals surface area contributed by atoms with Gasteiger partial charge in [0.25, 0.3) is 0 Å². The zero-order valence-corrected chi connectivity index (χ0v) is 12.3. The maximum atomic E-state index is 6.43. The van der Waals surface area contributed by atoms with E-state index in [1.165, 1.54) is 0 Å². The van der Waals surface area contributed by atoms with E-state index < -0.39 is 0 Å². The lowest BCUT2D eigenvalue weighted by Gasteiger charge is -2.29. The Labute approximate surface area is 120 Å². The summed E-state index contributed by atoms with van der Waals surface area (Å²) in [5, 5.41) is 0. The molecule has 1 aromatic rings. The van der Waals surface area contributed by atoms with Crippen molar-refractivity contribution in [2.75, 3.05) is 34.5 Å². The van der Waals surface area contributed by atoms with Crippen molar-refractivity contribution in [2.24, 2.45) is 11.7 Å². The minimum absolute atomic E-state index is 0.0892. The Morgan fingerprint density at radius 3 is 2.25 bits per heavy atom. The molecule has 20 heavy (non-hydrogen) atoms. The average molecular weight is 281 g/mol. The van der Waals surface area contributed by atoms with E-state index in [0.29, 0.717) is 23.2 Å². The van der Waals surface area contributed by atoms with Crippen LogP contribution in [0.1, 0.15) is 24.4 Å². The highest BCUT2D eigenvalue weighted by Crippen LogP contribution is 2.43. The summed E-state index contributed by atoms with van der Waals surface area (Å²) >= 11 is 0. The number of benzene rings is 1. The van der Waals surface area contributed by atoms with Gasteiger partial charge in [-0.15, -0.1) is 0 Å². The second-order valence-corrected chi connectivity index (χ2v) is 4.90. The van der Waals surface area contributed by atoms with Crippen molar-refractivity contribution < 1.29 is 18.9 Å². The van der Waals surface area contributed by atoms with Gasteiger partial charge in [0.2, 0.25) is 5.75 Å². The maximum absolute atomic E-state index is 6.43. The first-order valence-electron chi connectivity index (χ1n) is 6.85. The Morgan fingerprint density at radius 2 is 1.70 bits per heavy atom. The third-order valence-electron chi connectivity index (χ3n) is 3.87. The Balaban J connectivity index is 2.34. The van der Waals surface area contributed by atoms with E-state index in [2.05, 4.69) is 0 Å². The Kier molecular flexibility index (Phi) is 5.09. The molecule has 1 aliphatic rings. The number of hydrogen-bond donors (Lipinski definition) is 1. The lowest BCUT2D eigenvalue weighted by molar-refractivity contribution is 0.0580. The zero-order valence-electron chi connectivity index (χ0n) is 12.3. The van der Waals surface area contributed by atoms with E-state index in [4.69, 9.17) is 24.7 Å². The quantitative estimate of drug-likeness (QED) is 0.896. The first kappa shape index (κ1) is 14.9. The molecule has 1 aliphatic heterocycles. The van der Waals surface area contributed by atoms with Crippen LogP contribution in [0.4, 0.5) is 0 Å². The maximum Gasteiger partial charge on any atom is 0.203 e. The molecule has 1 fully saturated rings. The van der Waals surface area contributed by atoms with Crippen LogP contribution in [0.25, 0.3) is 0 Å². The monoisotopic (exact) mass is 281 g/mol. The molecule has 0 bridgehead atoms. The number of hydrogen-bond acceptors (Lipinski definition) is 5. The lowest BCUT2D eigenvalue weighted by Crippen LogP contribution is -2.27. The summed E-state index contributed by atoms with van der Waals surface area (Å²) in [4.78, 5) is 0. The van der Waals surface area contributed by atoms with Gasteiger partial charge in [-0.3, -0.25) is 0 Å². The van der Waals surface area contributed by atoms with E-state index in [1.807, 2.05) is 12.1 Å². The van der Waals surface area contributed by atoms with Crippen LogP contribution in [-0.4, -0.2) is 34.5 Å². The summed E-state index contributed by atoms with van der Waals surface area (Å²) in [6.07, 6.45) is 1.94. The fourth-order valence-electron chi connectivity index (χ4n) is 2.72.